The predicted octanol–water partition coefficient (Wildman–Crippen LogP) is 4.77. The number of hydrogen-bond acceptors (Lipinski definition) is 5. The van der Waals surface area contributed by atoms with E-state index in [0.29, 0.717) is 17.7 Å². The summed E-state index contributed by atoms with van der Waals surface area (Å²) in [7, 11) is 1.62. The first kappa shape index (κ1) is 20.2. The van der Waals surface area contributed by atoms with E-state index in [1.54, 1.807) is 7.11 Å². The van der Waals surface area contributed by atoms with Crippen LogP contribution in [-0.4, -0.2) is 25.0 Å². The maximum absolute atomic E-state index is 13.3. The minimum atomic E-state index is -0.390. The van der Waals surface area contributed by atoms with E-state index in [2.05, 4.69) is 27.3 Å². The second kappa shape index (κ2) is 8.34. The van der Waals surface area contributed by atoms with Crippen molar-refractivity contribution in [2.75, 3.05) is 7.11 Å². The number of ketones is 1. The largest absolute Gasteiger partial charge is 0.496 e. The van der Waals surface area contributed by atoms with E-state index >= 15 is 0 Å². The van der Waals surface area contributed by atoms with Gasteiger partial charge in [-0.05, 0) is 72.7 Å². The van der Waals surface area contributed by atoms with Crippen molar-refractivity contribution in [3.8, 4) is 5.75 Å². The Hall–Kier alpha value is -2.08. The summed E-state index contributed by atoms with van der Waals surface area (Å²) in [5.41, 5.74) is 3.13. The van der Waals surface area contributed by atoms with E-state index in [4.69, 9.17) is 9.47 Å². The Morgan fingerprint density at radius 3 is 2.66 bits per heavy atom. The lowest BCUT2D eigenvalue weighted by molar-refractivity contribution is -0.144. The molecule has 1 aromatic carbocycles. The second-order valence-electron chi connectivity index (χ2n) is 7.99. The Labute approximate surface area is 179 Å². The molecule has 0 radical (unpaired) electrons. The molecule has 3 aliphatic rings. The average Bonchev–Trinajstić information content (AvgIpc) is 3.20. The fraction of sp³-hybridized carbons (Fsp3) is 0.478. The molecule has 0 amide bonds. The van der Waals surface area contributed by atoms with Crippen LogP contribution in [0.3, 0.4) is 0 Å². The standard InChI is InChI=1S/C23H26BrNO4/c1-13-20(23(27)29-15-6-3-4-7-15)21(14-10-11-19(28-2)16(24)12-14)22-17(25-13)8-5-9-18(22)26/h8,10-12,15,21-22,25H,3-7,9H2,1-2H3. The summed E-state index contributed by atoms with van der Waals surface area (Å²) in [5, 5.41) is 3.32. The van der Waals surface area contributed by atoms with Gasteiger partial charge in [0.25, 0.3) is 0 Å². The monoisotopic (exact) mass is 459 g/mol. The van der Waals surface area contributed by atoms with Crippen LogP contribution in [0.2, 0.25) is 0 Å². The molecule has 1 heterocycles. The molecule has 29 heavy (non-hydrogen) atoms. The van der Waals surface area contributed by atoms with Crippen LogP contribution in [0.25, 0.3) is 0 Å². The van der Waals surface area contributed by atoms with Crippen LogP contribution in [0, 0.1) is 5.92 Å². The molecule has 1 N–H and O–H groups in total. The number of methoxy groups -OCH3 is 1. The van der Waals surface area contributed by atoms with Gasteiger partial charge in [-0.2, -0.15) is 0 Å². The van der Waals surface area contributed by atoms with E-state index < -0.39 is 0 Å². The molecule has 4 rings (SSSR count). The Morgan fingerprint density at radius 2 is 1.97 bits per heavy atom. The van der Waals surface area contributed by atoms with E-state index in [9.17, 15) is 9.59 Å². The minimum Gasteiger partial charge on any atom is -0.496 e. The summed E-state index contributed by atoms with van der Waals surface area (Å²) in [6.45, 7) is 1.90. The zero-order valence-corrected chi connectivity index (χ0v) is 18.4. The lowest BCUT2D eigenvalue weighted by Gasteiger charge is -2.38. The topological polar surface area (TPSA) is 64.6 Å². The molecule has 2 aliphatic carbocycles. The Bertz CT molecular complexity index is 898. The first-order valence-corrected chi connectivity index (χ1v) is 11.0. The van der Waals surface area contributed by atoms with Gasteiger partial charge in [0.15, 0.2) is 0 Å². The fourth-order valence-corrected chi connectivity index (χ4v) is 5.30. The summed E-state index contributed by atoms with van der Waals surface area (Å²) in [6.07, 6.45) is 7.30. The van der Waals surface area contributed by atoms with Gasteiger partial charge < -0.3 is 14.8 Å². The van der Waals surface area contributed by atoms with Gasteiger partial charge in [-0.1, -0.05) is 12.1 Å². The van der Waals surface area contributed by atoms with Gasteiger partial charge in [-0.3, -0.25) is 4.79 Å². The molecule has 0 saturated heterocycles. The Kier molecular flexibility index (Phi) is 5.81. The molecular weight excluding hydrogens is 434 g/mol. The number of hydrogen-bond donors (Lipinski definition) is 1. The van der Waals surface area contributed by atoms with Gasteiger partial charge >= 0.3 is 5.97 Å². The van der Waals surface area contributed by atoms with Crippen molar-refractivity contribution in [1.82, 2.24) is 5.32 Å². The number of carbonyl (C=O) groups excluding carboxylic acids is 2. The van der Waals surface area contributed by atoms with Crippen LogP contribution >= 0.6 is 15.9 Å². The van der Waals surface area contributed by atoms with Gasteiger partial charge in [-0.25, -0.2) is 4.79 Å². The predicted molar refractivity (Wildman–Crippen MR) is 113 cm³/mol. The maximum atomic E-state index is 13.3. The van der Waals surface area contributed by atoms with Crippen molar-refractivity contribution in [1.29, 1.82) is 0 Å². The second-order valence-corrected chi connectivity index (χ2v) is 8.84. The first-order chi connectivity index (χ1) is 14.0. The van der Waals surface area contributed by atoms with Crippen LogP contribution in [0.4, 0.5) is 0 Å². The van der Waals surface area contributed by atoms with Crippen LogP contribution in [0.5, 0.6) is 5.75 Å². The number of carbonyl (C=O) groups is 2. The van der Waals surface area contributed by atoms with E-state index in [1.165, 1.54) is 0 Å². The first-order valence-electron chi connectivity index (χ1n) is 10.2. The highest BCUT2D eigenvalue weighted by Gasteiger charge is 2.44. The highest BCUT2D eigenvalue weighted by molar-refractivity contribution is 9.10. The number of rotatable bonds is 4. The third-order valence-corrected chi connectivity index (χ3v) is 6.77. The third kappa shape index (κ3) is 3.87. The highest BCUT2D eigenvalue weighted by atomic mass is 79.9. The van der Waals surface area contributed by atoms with Gasteiger partial charge in [-0.15, -0.1) is 0 Å². The molecule has 2 atom stereocenters. The number of ether oxygens (including phenoxy) is 2. The number of nitrogens with one attached hydrogen (secondary N) is 1. The number of fused-ring (bicyclic) bond motifs is 1. The van der Waals surface area contributed by atoms with Gasteiger partial charge in [0, 0.05) is 23.7 Å². The molecule has 154 valence electrons. The zero-order chi connectivity index (χ0) is 20.5. The van der Waals surface area contributed by atoms with Gasteiger partial charge in [0.1, 0.15) is 17.6 Å². The van der Waals surface area contributed by atoms with Crippen molar-refractivity contribution in [3.05, 3.63) is 51.3 Å². The zero-order valence-electron chi connectivity index (χ0n) is 16.8. The summed E-state index contributed by atoms with van der Waals surface area (Å²) in [5.74, 6) is -0.198. The number of allylic oxidation sites excluding steroid dienone is 3. The lowest BCUT2D eigenvalue weighted by Crippen LogP contribution is -2.41. The molecule has 1 aliphatic heterocycles. The molecule has 1 fully saturated rings. The Morgan fingerprint density at radius 1 is 1.21 bits per heavy atom. The van der Waals surface area contributed by atoms with E-state index in [0.717, 1.165) is 53.5 Å². The summed E-state index contributed by atoms with van der Waals surface area (Å²) in [4.78, 5) is 26.2. The fourth-order valence-electron chi connectivity index (χ4n) is 4.74. The SMILES string of the molecule is COc1ccc(C2C(C(=O)OC3CCCC3)=C(C)NC3=CCCC(=O)C32)cc1Br. The summed E-state index contributed by atoms with van der Waals surface area (Å²) >= 11 is 3.55. The number of benzene rings is 1. The molecular formula is C23H26BrNO4. The van der Waals surface area contributed by atoms with Crippen LogP contribution < -0.4 is 10.1 Å². The van der Waals surface area contributed by atoms with Gasteiger partial charge in [0.2, 0.25) is 0 Å². The number of Topliss-reactive ketones (excluding diaryl/α,β-unsaturated/α-hetero) is 1. The van der Waals surface area contributed by atoms with E-state index in [-0.39, 0.29) is 29.7 Å². The lowest BCUT2D eigenvalue weighted by atomic mass is 9.71. The smallest absolute Gasteiger partial charge is 0.336 e. The summed E-state index contributed by atoms with van der Waals surface area (Å²) < 4.78 is 12.0. The summed E-state index contributed by atoms with van der Waals surface area (Å²) in [6, 6.07) is 5.76. The molecule has 0 bridgehead atoms. The average molecular weight is 460 g/mol. The normalized spacial score (nSPS) is 24.7. The minimum absolute atomic E-state index is 0.0231. The quantitative estimate of drug-likeness (QED) is 0.656. The van der Waals surface area contributed by atoms with E-state index in [1.807, 2.05) is 25.1 Å². The number of esters is 1. The van der Waals surface area contributed by atoms with Gasteiger partial charge in [0.05, 0.1) is 23.1 Å². The van der Waals surface area contributed by atoms with Crippen molar-refractivity contribution < 1.29 is 19.1 Å². The maximum Gasteiger partial charge on any atom is 0.336 e. The third-order valence-electron chi connectivity index (χ3n) is 6.15. The van der Waals surface area contributed by atoms with Crippen LogP contribution in [0.1, 0.15) is 56.9 Å². The van der Waals surface area contributed by atoms with Crippen LogP contribution in [0.15, 0.2) is 45.7 Å². The van der Waals surface area contributed by atoms with Crippen molar-refractivity contribution in [2.24, 2.45) is 5.92 Å². The molecule has 0 spiro atoms. The molecule has 1 saturated carbocycles. The molecule has 6 heteroatoms. The molecule has 5 nitrogen and oxygen atoms in total. The highest BCUT2D eigenvalue weighted by Crippen LogP contribution is 2.45. The number of halogens is 1. The molecule has 0 aromatic heterocycles. The van der Waals surface area contributed by atoms with Crippen LogP contribution in [-0.2, 0) is 14.3 Å². The van der Waals surface area contributed by atoms with Crippen molar-refractivity contribution in [2.45, 2.75) is 57.5 Å². The Balaban J connectivity index is 1.78. The van der Waals surface area contributed by atoms with Crippen molar-refractivity contribution >= 4 is 27.7 Å². The molecule has 2 unspecified atom stereocenters. The molecule has 1 aromatic rings. The van der Waals surface area contributed by atoms with Crippen molar-refractivity contribution in [3.63, 3.8) is 0 Å².